The lowest BCUT2D eigenvalue weighted by Crippen LogP contribution is -2.08. The van der Waals surface area contributed by atoms with Crippen molar-refractivity contribution in [1.82, 2.24) is 20.2 Å². The van der Waals surface area contributed by atoms with E-state index in [9.17, 15) is 4.79 Å². The molecule has 0 amide bonds. The molecule has 2 N–H and O–H groups in total. The van der Waals surface area contributed by atoms with Crippen LogP contribution in [0.1, 0.15) is 11.3 Å². The maximum Gasteiger partial charge on any atom is 0.294 e. The number of hydrogen-bond acceptors (Lipinski definition) is 4. The van der Waals surface area contributed by atoms with Crippen LogP contribution >= 0.6 is 0 Å². The van der Waals surface area contributed by atoms with Gasteiger partial charge in [-0.3, -0.25) is 9.89 Å². The highest BCUT2D eigenvalue weighted by Crippen LogP contribution is 2.28. The second kappa shape index (κ2) is 4.80. The normalized spacial score (nSPS) is 11.8. The van der Waals surface area contributed by atoms with Gasteiger partial charge in [0.15, 0.2) is 0 Å². The Morgan fingerprint density at radius 1 is 1.04 bits per heavy atom. The molecule has 0 radical (unpaired) electrons. The van der Waals surface area contributed by atoms with Gasteiger partial charge in [-0.2, -0.15) is 5.10 Å². The fraction of sp³-hybridized carbons (Fsp3) is 0.105. The monoisotopic (exact) mass is 330 g/mol. The van der Waals surface area contributed by atoms with E-state index in [1.54, 1.807) is 0 Å². The summed E-state index contributed by atoms with van der Waals surface area (Å²) in [6, 6.07) is 11.6. The van der Waals surface area contributed by atoms with E-state index in [0.717, 1.165) is 33.1 Å². The second-order valence-electron chi connectivity index (χ2n) is 6.27. The van der Waals surface area contributed by atoms with Crippen LogP contribution < -0.4 is 5.56 Å². The molecule has 2 aromatic carbocycles. The molecular weight excluding hydrogens is 316 g/mol. The Kier molecular flexibility index (Phi) is 2.68. The van der Waals surface area contributed by atoms with Gasteiger partial charge in [-0.05, 0) is 44.2 Å². The third-order valence-corrected chi connectivity index (χ3v) is 4.50. The second-order valence-corrected chi connectivity index (χ2v) is 6.27. The van der Waals surface area contributed by atoms with Crippen molar-refractivity contribution >= 4 is 33.0 Å². The minimum atomic E-state index is -0.280. The Morgan fingerprint density at radius 3 is 2.80 bits per heavy atom. The number of benzene rings is 2. The summed E-state index contributed by atoms with van der Waals surface area (Å²) in [5.41, 5.74) is 5.01. The Bertz CT molecular complexity index is 1340. The molecule has 0 aliphatic carbocycles. The van der Waals surface area contributed by atoms with Crippen molar-refractivity contribution in [2.24, 2.45) is 0 Å². The minimum absolute atomic E-state index is 0.255. The van der Waals surface area contributed by atoms with Crippen molar-refractivity contribution in [3.8, 4) is 11.4 Å². The van der Waals surface area contributed by atoms with E-state index < -0.39 is 0 Å². The van der Waals surface area contributed by atoms with Gasteiger partial charge in [0.2, 0.25) is 5.58 Å². The lowest BCUT2D eigenvalue weighted by molar-refractivity contribution is 0.661. The number of aromatic amines is 2. The number of rotatable bonds is 1. The molecule has 5 aromatic rings. The van der Waals surface area contributed by atoms with Crippen molar-refractivity contribution < 1.29 is 4.42 Å². The summed E-state index contributed by atoms with van der Waals surface area (Å²) in [6.07, 6.45) is 0. The van der Waals surface area contributed by atoms with Crippen LogP contribution in [0.5, 0.6) is 0 Å². The number of H-pyrrole nitrogens is 2. The summed E-state index contributed by atoms with van der Waals surface area (Å²) in [7, 11) is 0. The van der Waals surface area contributed by atoms with Gasteiger partial charge in [-0.25, -0.2) is 4.98 Å². The van der Waals surface area contributed by atoms with Gasteiger partial charge in [0.1, 0.15) is 16.9 Å². The highest BCUT2D eigenvalue weighted by Gasteiger charge is 2.15. The Hall–Kier alpha value is -3.41. The molecule has 0 bridgehead atoms. The summed E-state index contributed by atoms with van der Waals surface area (Å²) in [5.74, 6) is 0.518. The quantitative estimate of drug-likeness (QED) is 0.489. The molecule has 0 spiro atoms. The summed E-state index contributed by atoms with van der Waals surface area (Å²) in [5, 5.41) is 9.05. The molecule has 0 aliphatic rings. The first-order chi connectivity index (χ1) is 12.1. The summed E-state index contributed by atoms with van der Waals surface area (Å²) < 4.78 is 5.68. The maximum atomic E-state index is 12.5. The van der Waals surface area contributed by atoms with Crippen molar-refractivity contribution in [2.45, 2.75) is 13.8 Å². The van der Waals surface area contributed by atoms with Crippen LogP contribution in [-0.4, -0.2) is 20.2 Å². The Morgan fingerprint density at radius 2 is 1.92 bits per heavy atom. The van der Waals surface area contributed by atoms with E-state index in [-0.39, 0.29) is 11.1 Å². The van der Waals surface area contributed by atoms with Crippen LogP contribution in [0.3, 0.4) is 0 Å². The van der Waals surface area contributed by atoms with Crippen molar-refractivity contribution in [1.29, 1.82) is 0 Å². The molecule has 0 atom stereocenters. The molecule has 0 saturated carbocycles. The van der Waals surface area contributed by atoms with Gasteiger partial charge in [-0.15, -0.1) is 0 Å². The predicted molar refractivity (Wildman–Crippen MR) is 96.7 cm³/mol. The van der Waals surface area contributed by atoms with Gasteiger partial charge in [0.25, 0.3) is 5.56 Å². The molecular formula is C19H14N4O2. The Balaban J connectivity index is 1.83. The number of nitrogens with zero attached hydrogens (tertiary/aromatic N) is 2. The first kappa shape index (κ1) is 14.0. The SMILES string of the molecule is Cc1ccc2oc3c(=O)[nH]c(-c4ccc5n[nH]c(C)c5c4)nc3c2c1. The van der Waals surface area contributed by atoms with Gasteiger partial charge >= 0.3 is 0 Å². The van der Waals surface area contributed by atoms with E-state index in [1.807, 2.05) is 50.2 Å². The average Bonchev–Trinajstić information content (AvgIpc) is 3.16. The van der Waals surface area contributed by atoms with E-state index in [4.69, 9.17) is 4.42 Å². The fourth-order valence-corrected chi connectivity index (χ4v) is 3.19. The van der Waals surface area contributed by atoms with Crippen molar-refractivity contribution in [2.75, 3.05) is 0 Å². The van der Waals surface area contributed by atoms with Crippen LogP contribution in [0.2, 0.25) is 0 Å². The maximum absolute atomic E-state index is 12.5. The lowest BCUT2D eigenvalue weighted by Gasteiger charge is -2.01. The smallest absolute Gasteiger partial charge is 0.294 e. The van der Waals surface area contributed by atoms with E-state index >= 15 is 0 Å². The van der Waals surface area contributed by atoms with Crippen LogP contribution in [0.4, 0.5) is 0 Å². The summed E-state index contributed by atoms with van der Waals surface area (Å²) in [6.45, 7) is 3.97. The summed E-state index contributed by atoms with van der Waals surface area (Å²) >= 11 is 0. The van der Waals surface area contributed by atoms with Gasteiger partial charge < -0.3 is 9.40 Å². The number of nitrogens with one attached hydrogen (secondary N) is 2. The van der Waals surface area contributed by atoms with Crippen LogP contribution in [-0.2, 0) is 0 Å². The van der Waals surface area contributed by atoms with Crippen molar-refractivity contribution in [3.05, 3.63) is 58.0 Å². The third-order valence-electron chi connectivity index (χ3n) is 4.50. The van der Waals surface area contributed by atoms with Crippen LogP contribution in [0.15, 0.2) is 45.6 Å². The summed E-state index contributed by atoms with van der Waals surface area (Å²) in [4.78, 5) is 20.0. The van der Waals surface area contributed by atoms with Crippen LogP contribution in [0.25, 0.3) is 44.4 Å². The first-order valence-electron chi connectivity index (χ1n) is 7.98. The molecule has 5 rings (SSSR count). The highest BCUT2D eigenvalue weighted by atomic mass is 16.3. The first-order valence-corrected chi connectivity index (χ1v) is 7.98. The topological polar surface area (TPSA) is 87.6 Å². The number of fused-ring (bicyclic) bond motifs is 4. The number of aryl methyl sites for hydroxylation is 2. The third kappa shape index (κ3) is 2.00. The lowest BCUT2D eigenvalue weighted by atomic mass is 10.1. The fourth-order valence-electron chi connectivity index (χ4n) is 3.19. The van der Waals surface area contributed by atoms with Crippen molar-refractivity contribution in [3.63, 3.8) is 0 Å². The molecule has 0 fully saturated rings. The molecule has 122 valence electrons. The molecule has 0 unspecified atom stereocenters. The number of furan rings is 1. The standard InChI is InChI=1S/C19H14N4O2/c1-9-3-6-15-13(7-9)16-17(25-15)19(24)21-18(20-16)11-4-5-14-12(8-11)10(2)22-23-14/h3-8H,1-2H3,(H,22,23)(H,20,21,24). The average molecular weight is 330 g/mol. The largest absolute Gasteiger partial charge is 0.449 e. The van der Waals surface area contributed by atoms with E-state index in [2.05, 4.69) is 20.2 Å². The molecule has 0 aliphatic heterocycles. The predicted octanol–water partition coefficient (Wildman–Crippen LogP) is 3.83. The highest BCUT2D eigenvalue weighted by molar-refractivity contribution is 6.02. The van der Waals surface area contributed by atoms with Gasteiger partial charge in [-0.1, -0.05) is 11.6 Å². The van der Waals surface area contributed by atoms with E-state index in [1.165, 1.54) is 0 Å². The number of aromatic nitrogens is 4. The molecule has 6 nitrogen and oxygen atoms in total. The molecule has 25 heavy (non-hydrogen) atoms. The zero-order valence-corrected chi connectivity index (χ0v) is 13.7. The van der Waals surface area contributed by atoms with Gasteiger partial charge in [0, 0.05) is 22.0 Å². The Labute approximate surface area is 141 Å². The number of hydrogen-bond donors (Lipinski definition) is 2. The minimum Gasteiger partial charge on any atom is -0.449 e. The molecule has 0 saturated heterocycles. The molecule has 3 heterocycles. The zero-order chi connectivity index (χ0) is 17.1. The van der Waals surface area contributed by atoms with Crippen LogP contribution in [0, 0.1) is 13.8 Å². The van der Waals surface area contributed by atoms with Gasteiger partial charge in [0.05, 0.1) is 5.52 Å². The molecule has 6 heteroatoms. The van der Waals surface area contributed by atoms with E-state index in [0.29, 0.717) is 16.9 Å². The zero-order valence-electron chi connectivity index (χ0n) is 13.7. The molecule has 3 aromatic heterocycles.